The highest BCUT2D eigenvalue weighted by Crippen LogP contribution is 2.17. The average molecular weight is 312 g/mol. The molecule has 0 aliphatic rings. The Hall–Kier alpha value is -1.87. The maximum atomic E-state index is 12.2. The van der Waals surface area contributed by atoms with Crippen molar-refractivity contribution >= 4 is 16.7 Å². The van der Waals surface area contributed by atoms with Crippen LogP contribution in [0.2, 0.25) is 0 Å². The van der Waals surface area contributed by atoms with Crippen LogP contribution in [0.4, 0.5) is 0 Å². The summed E-state index contributed by atoms with van der Waals surface area (Å²) in [6.07, 6.45) is 2.19. The molecule has 2 aromatic carbocycles. The quantitative estimate of drug-likeness (QED) is 0.849. The van der Waals surface area contributed by atoms with Gasteiger partial charge in [0.1, 0.15) is 0 Å². The lowest BCUT2D eigenvalue weighted by atomic mass is 10.0. The number of nitrogens with two attached hydrogens (primary N) is 1. The maximum Gasteiger partial charge on any atom is 0.222 e. The van der Waals surface area contributed by atoms with Crippen LogP contribution in [-0.4, -0.2) is 30.4 Å². The highest BCUT2D eigenvalue weighted by molar-refractivity contribution is 5.83. The molecule has 0 fully saturated rings. The zero-order valence-electron chi connectivity index (χ0n) is 14.5. The van der Waals surface area contributed by atoms with E-state index in [9.17, 15) is 4.79 Å². The van der Waals surface area contributed by atoms with Gasteiger partial charge in [-0.3, -0.25) is 4.79 Å². The first kappa shape index (κ1) is 17.5. The molecule has 0 aliphatic carbocycles. The lowest BCUT2D eigenvalue weighted by molar-refractivity contribution is -0.129. The Balaban J connectivity index is 1.85. The maximum absolute atomic E-state index is 12.2. The van der Waals surface area contributed by atoms with Gasteiger partial charge in [0.25, 0.3) is 0 Å². The van der Waals surface area contributed by atoms with Crippen LogP contribution in [0.1, 0.15) is 32.3 Å². The fraction of sp³-hybridized carbons (Fsp3) is 0.450. The van der Waals surface area contributed by atoms with Crippen LogP contribution in [0.3, 0.4) is 0 Å². The second kappa shape index (κ2) is 8.11. The van der Waals surface area contributed by atoms with Crippen LogP contribution >= 0.6 is 0 Å². The minimum atomic E-state index is 0.158. The molecule has 0 saturated heterocycles. The van der Waals surface area contributed by atoms with E-state index in [0.717, 1.165) is 19.4 Å². The van der Waals surface area contributed by atoms with Crippen molar-refractivity contribution in [1.82, 2.24) is 4.90 Å². The standard InChI is InChI=1S/C20H28N2O/c1-15(2)19(21)12-13-22(3)20(23)11-9-16-8-10-17-6-4-5-7-18(17)14-16/h4-8,10,14-15,19H,9,11-13,21H2,1-3H3. The van der Waals surface area contributed by atoms with E-state index in [2.05, 4.69) is 44.2 Å². The first-order valence-electron chi connectivity index (χ1n) is 8.44. The molecule has 2 N–H and O–H groups in total. The van der Waals surface area contributed by atoms with Gasteiger partial charge in [0.2, 0.25) is 5.91 Å². The molecule has 2 aromatic rings. The smallest absolute Gasteiger partial charge is 0.222 e. The molecule has 124 valence electrons. The Labute approximate surface area is 139 Å². The minimum Gasteiger partial charge on any atom is -0.346 e. The van der Waals surface area contributed by atoms with Gasteiger partial charge in [0.15, 0.2) is 0 Å². The summed E-state index contributed by atoms with van der Waals surface area (Å²) in [4.78, 5) is 14.1. The van der Waals surface area contributed by atoms with Gasteiger partial charge in [-0.15, -0.1) is 0 Å². The Morgan fingerprint density at radius 3 is 2.52 bits per heavy atom. The van der Waals surface area contributed by atoms with Crippen LogP contribution in [0.25, 0.3) is 10.8 Å². The highest BCUT2D eigenvalue weighted by atomic mass is 16.2. The molecular formula is C20H28N2O. The monoisotopic (exact) mass is 312 g/mol. The number of carbonyl (C=O) groups excluding carboxylic acids is 1. The molecule has 3 heteroatoms. The summed E-state index contributed by atoms with van der Waals surface area (Å²) in [5.41, 5.74) is 7.26. The first-order chi connectivity index (χ1) is 11.0. The fourth-order valence-corrected chi connectivity index (χ4v) is 2.64. The summed E-state index contributed by atoms with van der Waals surface area (Å²) in [6.45, 7) is 4.97. The number of hydrogen-bond acceptors (Lipinski definition) is 2. The number of fused-ring (bicyclic) bond motifs is 1. The van der Waals surface area contributed by atoms with E-state index in [1.165, 1.54) is 16.3 Å². The molecule has 3 nitrogen and oxygen atoms in total. The third-order valence-electron chi connectivity index (χ3n) is 4.52. The van der Waals surface area contributed by atoms with Gasteiger partial charge >= 0.3 is 0 Å². The molecule has 0 aromatic heterocycles. The lowest BCUT2D eigenvalue weighted by Crippen LogP contribution is -2.34. The predicted molar refractivity (Wildman–Crippen MR) is 97.3 cm³/mol. The van der Waals surface area contributed by atoms with Crippen LogP contribution in [-0.2, 0) is 11.2 Å². The number of aryl methyl sites for hydroxylation is 1. The van der Waals surface area contributed by atoms with Crippen LogP contribution < -0.4 is 5.73 Å². The van der Waals surface area contributed by atoms with E-state index in [1.54, 1.807) is 0 Å². The molecule has 1 amide bonds. The first-order valence-corrected chi connectivity index (χ1v) is 8.44. The third kappa shape index (κ3) is 5.07. The summed E-state index contributed by atoms with van der Waals surface area (Å²) in [7, 11) is 1.87. The number of nitrogens with zero attached hydrogens (tertiary/aromatic N) is 1. The summed E-state index contributed by atoms with van der Waals surface area (Å²) >= 11 is 0. The lowest BCUT2D eigenvalue weighted by Gasteiger charge is -2.21. The number of rotatable bonds is 7. The van der Waals surface area contributed by atoms with Crippen molar-refractivity contribution in [2.45, 2.75) is 39.2 Å². The van der Waals surface area contributed by atoms with E-state index in [1.807, 2.05) is 24.1 Å². The van der Waals surface area contributed by atoms with E-state index in [-0.39, 0.29) is 11.9 Å². The second-order valence-electron chi connectivity index (χ2n) is 6.69. The molecule has 0 saturated carbocycles. The molecule has 0 aliphatic heterocycles. The van der Waals surface area contributed by atoms with Gasteiger partial charge in [0, 0.05) is 26.1 Å². The zero-order chi connectivity index (χ0) is 16.8. The van der Waals surface area contributed by atoms with Crippen molar-refractivity contribution in [2.75, 3.05) is 13.6 Å². The van der Waals surface area contributed by atoms with Gasteiger partial charge < -0.3 is 10.6 Å². The highest BCUT2D eigenvalue weighted by Gasteiger charge is 2.12. The Morgan fingerprint density at radius 1 is 1.13 bits per heavy atom. The molecular weight excluding hydrogens is 284 g/mol. The van der Waals surface area contributed by atoms with Crippen LogP contribution in [0, 0.1) is 5.92 Å². The SMILES string of the molecule is CC(C)C(N)CCN(C)C(=O)CCc1ccc2ccccc2c1. The minimum absolute atomic E-state index is 0.158. The summed E-state index contributed by atoms with van der Waals surface area (Å²) < 4.78 is 0. The largest absolute Gasteiger partial charge is 0.346 e. The topological polar surface area (TPSA) is 46.3 Å². The molecule has 2 rings (SSSR count). The zero-order valence-corrected chi connectivity index (χ0v) is 14.5. The molecule has 0 radical (unpaired) electrons. The van der Waals surface area contributed by atoms with Crippen molar-refractivity contribution in [3.05, 3.63) is 48.0 Å². The number of amides is 1. The number of carbonyl (C=O) groups is 1. The molecule has 1 atom stereocenters. The van der Waals surface area contributed by atoms with Crippen molar-refractivity contribution in [2.24, 2.45) is 11.7 Å². The molecule has 0 heterocycles. The molecule has 0 bridgehead atoms. The number of hydrogen-bond donors (Lipinski definition) is 1. The third-order valence-corrected chi connectivity index (χ3v) is 4.52. The summed E-state index contributed by atoms with van der Waals surface area (Å²) in [5.74, 6) is 0.644. The number of benzene rings is 2. The van der Waals surface area contributed by atoms with Crippen molar-refractivity contribution in [3.8, 4) is 0 Å². The van der Waals surface area contributed by atoms with E-state index < -0.39 is 0 Å². The van der Waals surface area contributed by atoms with Crippen molar-refractivity contribution < 1.29 is 4.79 Å². The Morgan fingerprint density at radius 2 is 1.83 bits per heavy atom. The average Bonchev–Trinajstić information content (AvgIpc) is 2.56. The van der Waals surface area contributed by atoms with Gasteiger partial charge in [0.05, 0.1) is 0 Å². The van der Waals surface area contributed by atoms with E-state index in [4.69, 9.17) is 5.73 Å². The second-order valence-corrected chi connectivity index (χ2v) is 6.69. The van der Waals surface area contributed by atoms with Gasteiger partial charge in [-0.05, 0) is 35.1 Å². The fourth-order valence-electron chi connectivity index (χ4n) is 2.64. The van der Waals surface area contributed by atoms with Crippen LogP contribution in [0.15, 0.2) is 42.5 Å². The van der Waals surface area contributed by atoms with Gasteiger partial charge in [-0.2, -0.15) is 0 Å². The molecule has 0 spiro atoms. The van der Waals surface area contributed by atoms with E-state index >= 15 is 0 Å². The van der Waals surface area contributed by atoms with Crippen LogP contribution in [0.5, 0.6) is 0 Å². The van der Waals surface area contributed by atoms with Gasteiger partial charge in [-0.25, -0.2) is 0 Å². The van der Waals surface area contributed by atoms with Crippen molar-refractivity contribution in [3.63, 3.8) is 0 Å². The Kier molecular flexibility index (Phi) is 6.17. The molecule has 23 heavy (non-hydrogen) atoms. The predicted octanol–water partition coefficient (Wildman–Crippen LogP) is 3.60. The van der Waals surface area contributed by atoms with E-state index in [0.29, 0.717) is 12.3 Å². The summed E-state index contributed by atoms with van der Waals surface area (Å²) in [6, 6.07) is 14.9. The molecule has 1 unspecified atom stereocenters. The normalized spacial score (nSPS) is 12.6. The Bertz CT molecular complexity index is 651. The van der Waals surface area contributed by atoms with Gasteiger partial charge in [-0.1, -0.05) is 56.3 Å². The summed E-state index contributed by atoms with van der Waals surface area (Å²) in [5, 5.41) is 2.47. The van der Waals surface area contributed by atoms with Crippen molar-refractivity contribution in [1.29, 1.82) is 0 Å².